The van der Waals surface area contributed by atoms with E-state index in [4.69, 9.17) is 9.05 Å². The van der Waals surface area contributed by atoms with Crippen LogP contribution in [0.3, 0.4) is 0 Å². The van der Waals surface area contributed by atoms with Crippen LogP contribution in [0, 0.1) is 0 Å². The fourth-order valence-electron chi connectivity index (χ4n) is 5.29. The van der Waals surface area contributed by atoms with Gasteiger partial charge in [-0.15, -0.1) is 0 Å². The minimum Gasteiger partial charge on any atom is -0.387 e. The van der Waals surface area contributed by atoms with Gasteiger partial charge < -0.3 is 19.8 Å². The van der Waals surface area contributed by atoms with Crippen LogP contribution in [-0.2, 0) is 18.4 Å². The highest BCUT2D eigenvalue weighted by atomic mass is 31.2. The van der Waals surface area contributed by atoms with Crippen LogP contribution >= 0.6 is 7.82 Å². The van der Waals surface area contributed by atoms with E-state index in [1.165, 1.54) is 103 Å². The van der Waals surface area contributed by atoms with Crippen LogP contribution in [0.5, 0.6) is 0 Å². The standard InChI is InChI=1S/C38H75N2O6P/c1-6-8-10-12-14-16-18-20-22-24-26-28-30-32-38(42)39-36(35-46-47(43,44)45-34-33-40(3,4)5)37(41)31-29-27-25-23-21-19-17-15-13-11-9-7-2/h21,23,29,31,36-37,41H,6-20,22,24-28,30,32-35H2,1-5H3,(H-,39,42,43,44)/p+1/b23-21+,31-29+. The second-order valence-electron chi connectivity index (χ2n) is 14.3. The Morgan fingerprint density at radius 1 is 0.702 bits per heavy atom. The number of nitrogens with one attached hydrogen (secondary N) is 1. The zero-order valence-electron chi connectivity index (χ0n) is 31.3. The molecule has 0 aliphatic rings. The highest BCUT2D eigenvalue weighted by Crippen LogP contribution is 2.43. The van der Waals surface area contributed by atoms with Gasteiger partial charge in [0.2, 0.25) is 5.91 Å². The molecule has 0 aliphatic heterocycles. The van der Waals surface area contributed by atoms with E-state index in [9.17, 15) is 19.4 Å². The number of aliphatic hydroxyl groups is 1. The quantitative estimate of drug-likeness (QED) is 0.0269. The minimum absolute atomic E-state index is 0.0577. The van der Waals surface area contributed by atoms with Crippen molar-refractivity contribution in [2.24, 2.45) is 0 Å². The number of hydrogen-bond acceptors (Lipinski definition) is 5. The predicted octanol–water partition coefficient (Wildman–Crippen LogP) is 9.80. The van der Waals surface area contributed by atoms with Crippen molar-refractivity contribution < 1.29 is 32.9 Å². The van der Waals surface area contributed by atoms with Gasteiger partial charge in [0.1, 0.15) is 13.2 Å². The van der Waals surface area contributed by atoms with Crippen LogP contribution in [0.25, 0.3) is 0 Å². The Bertz CT molecular complexity index is 829. The lowest BCUT2D eigenvalue weighted by Gasteiger charge is -2.25. The van der Waals surface area contributed by atoms with Crippen molar-refractivity contribution in [3.63, 3.8) is 0 Å². The van der Waals surface area contributed by atoms with Crippen molar-refractivity contribution in [1.82, 2.24) is 5.32 Å². The smallest absolute Gasteiger partial charge is 0.387 e. The summed E-state index contributed by atoms with van der Waals surface area (Å²) in [7, 11) is 1.55. The summed E-state index contributed by atoms with van der Waals surface area (Å²) < 4.78 is 23.4. The number of phosphoric acid groups is 1. The molecule has 0 aromatic heterocycles. The van der Waals surface area contributed by atoms with E-state index in [1.54, 1.807) is 6.08 Å². The number of likely N-dealkylation sites (N-methyl/N-ethyl adjacent to an activating group) is 1. The summed E-state index contributed by atoms with van der Waals surface area (Å²) in [6.45, 7) is 4.75. The molecule has 0 aliphatic carbocycles. The number of carbonyl (C=O) groups excluding carboxylic acids is 1. The molecular formula is C38H76N2O6P+. The van der Waals surface area contributed by atoms with Gasteiger partial charge in [-0.3, -0.25) is 13.8 Å². The van der Waals surface area contributed by atoms with E-state index in [2.05, 4.69) is 31.3 Å². The molecule has 0 rings (SSSR count). The third kappa shape index (κ3) is 33.3. The van der Waals surface area contributed by atoms with Gasteiger partial charge in [0.05, 0.1) is 39.9 Å². The summed E-state index contributed by atoms with van der Waals surface area (Å²) in [5.41, 5.74) is 0. The number of amides is 1. The second kappa shape index (κ2) is 31.0. The predicted molar refractivity (Wildman–Crippen MR) is 198 cm³/mol. The number of aliphatic hydroxyl groups excluding tert-OH is 1. The molecule has 47 heavy (non-hydrogen) atoms. The zero-order chi connectivity index (χ0) is 35.1. The van der Waals surface area contributed by atoms with Gasteiger partial charge in [0, 0.05) is 6.42 Å². The first-order valence-corrected chi connectivity index (χ1v) is 20.7. The fraction of sp³-hybridized carbons (Fsp3) is 0.868. The van der Waals surface area contributed by atoms with E-state index < -0.39 is 20.0 Å². The largest absolute Gasteiger partial charge is 0.472 e. The Labute approximate surface area is 290 Å². The molecule has 3 atom stereocenters. The molecule has 0 radical (unpaired) electrons. The summed E-state index contributed by atoms with van der Waals surface area (Å²) in [6, 6.07) is -0.855. The lowest BCUT2D eigenvalue weighted by Crippen LogP contribution is -2.45. The molecule has 0 heterocycles. The molecule has 0 saturated heterocycles. The first kappa shape index (κ1) is 46.0. The van der Waals surface area contributed by atoms with Crippen molar-refractivity contribution in [3.05, 3.63) is 24.3 Å². The van der Waals surface area contributed by atoms with Gasteiger partial charge in [-0.05, 0) is 32.1 Å². The van der Waals surface area contributed by atoms with E-state index in [0.29, 0.717) is 17.4 Å². The highest BCUT2D eigenvalue weighted by molar-refractivity contribution is 7.47. The van der Waals surface area contributed by atoms with Gasteiger partial charge in [0.25, 0.3) is 0 Å². The van der Waals surface area contributed by atoms with Gasteiger partial charge in [-0.25, -0.2) is 4.57 Å². The molecule has 0 saturated carbocycles. The molecule has 1 amide bonds. The van der Waals surface area contributed by atoms with Crippen LogP contribution in [0.4, 0.5) is 0 Å². The van der Waals surface area contributed by atoms with Crippen LogP contribution in [0.15, 0.2) is 24.3 Å². The average molecular weight is 688 g/mol. The molecule has 278 valence electrons. The number of allylic oxidation sites excluding steroid dienone is 3. The van der Waals surface area contributed by atoms with Gasteiger partial charge in [0.15, 0.2) is 0 Å². The van der Waals surface area contributed by atoms with Crippen LogP contribution in [0.2, 0.25) is 0 Å². The number of carbonyl (C=O) groups is 1. The SMILES string of the molecule is CCCCCCCC/C=C/CC/C=C/C(O)C(COP(=O)(O)OCC[N+](C)(C)C)NC(=O)CCCCCCCCCCCCCCC. The van der Waals surface area contributed by atoms with Crippen molar-refractivity contribution in [2.75, 3.05) is 40.9 Å². The number of hydrogen-bond donors (Lipinski definition) is 3. The molecule has 3 unspecified atom stereocenters. The zero-order valence-corrected chi connectivity index (χ0v) is 32.2. The number of phosphoric ester groups is 1. The maximum atomic E-state index is 12.8. The lowest BCUT2D eigenvalue weighted by molar-refractivity contribution is -0.870. The molecule has 0 aromatic carbocycles. The van der Waals surface area contributed by atoms with Crippen molar-refractivity contribution in [3.8, 4) is 0 Å². The third-order valence-corrected chi connectivity index (χ3v) is 9.41. The molecule has 8 nitrogen and oxygen atoms in total. The van der Waals surface area contributed by atoms with Crippen molar-refractivity contribution >= 4 is 13.7 Å². The maximum absolute atomic E-state index is 12.8. The van der Waals surface area contributed by atoms with Gasteiger partial charge in [-0.1, -0.05) is 147 Å². The monoisotopic (exact) mass is 688 g/mol. The normalized spacial score (nSPS) is 15.0. The van der Waals surface area contributed by atoms with Gasteiger partial charge >= 0.3 is 7.82 Å². The Kier molecular flexibility index (Phi) is 30.3. The summed E-state index contributed by atoms with van der Waals surface area (Å²) >= 11 is 0. The lowest BCUT2D eigenvalue weighted by atomic mass is 10.0. The number of quaternary nitrogens is 1. The number of unbranched alkanes of at least 4 members (excludes halogenated alkanes) is 19. The van der Waals surface area contributed by atoms with E-state index in [-0.39, 0.29) is 19.1 Å². The second-order valence-corrected chi connectivity index (χ2v) is 15.8. The summed E-state index contributed by atoms with van der Waals surface area (Å²) in [5.74, 6) is -0.189. The maximum Gasteiger partial charge on any atom is 0.472 e. The summed E-state index contributed by atoms with van der Waals surface area (Å²) in [4.78, 5) is 22.9. The fourth-order valence-corrected chi connectivity index (χ4v) is 6.03. The van der Waals surface area contributed by atoms with Crippen molar-refractivity contribution in [2.45, 2.75) is 174 Å². The van der Waals surface area contributed by atoms with E-state index >= 15 is 0 Å². The Hall–Kier alpha value is -1.02. The highest BCUT2D eigenvalue weighted by Gasteiger charge is 2.27. The molecule has 3 N–H and O–H groups in total. The molecule has 0 spiro atoms. The molecule has 9 heteroatoms. The van der Waals surface area contributed by atoms with E-state index in [0.717, 1.165) is 38.5 Å². The summed E-state index contributed by atoms with van der Waals surface area (Å²) in [6.07, 6.45) is 33.8. The number of nitrogens with zero attached hydrogens (tertiary/aromatic N) is 1. The van der Waals surface area contributed by atoms with Crippen LogP contribution in [0.1, 0.15) is 162 Å². The average Bonchev–Trinajstić information content (AvgIpc) is 3.01. The minimum atomic E-state index is -4.33. The third-order valence-electron chi connectivity index (χ3n) is 8.42. The molecule has 0 bridgehead atoms. The number of rotatable bonds is 34. The molecular weight excluding hydrogens is 611 g/mol. The molecule has 0 fully saturated rings. The topological polar surface area (TPSA) is 105 Å². The first-order chi connectivity index (χ1) is 22.5. The van der Waals surface area contributed by atoms with E-state index in [1.807, 2.05) is 27.2 Å². The Morgan fingerprint density at radius 3 is 1.70 bits per heavy atom. The Morgan fingerprint density at radius 2 is 1.17 bits per heavy atom. The van der Waals surface area contributed by atoms with Crippen molar-refractivity contribution in [1.29, 1.82) is 0 Å². The Balaban J connectivity index is 4.58. The molecule has 0 aromatic rings. The first-order valence-electron chi connectivity index (χ1n) is 19.2. The summed E-state index contributed by atoms with van der Waals surface area (Å²) in [5, 5.41) is 13.7. The van der Waals surface area contributed by atoms with Crippen LogP contribution in [-0.4, -0.2) is 73.4 Å². The van der Waals surface area contributed by atoms with Crippen LogP contribution < -0.4 is 5.32 Å². The van der Waals surface area contributed by atoms with Gasteiger partial charge in [-0.2, -0.15) is 0 Å².